The van der Waals surface area contributed by atoms with Gasteiger partial charge in [-0.3, -0.25) is 9.78 Å². The molecule has 1 atom stereocenters. The Morgan fingerprint density at radius 1 is 1.19 bits per heavy atom. The predicted molar refractivity (Wildman–Crippen MR) is 120 cm³/mol. The van der Waals surface area contributed by atoms with E-state index in [4.69, 9.17) is 4.74 Å². The highest BCUT2D eigenvalue weighted by atomic mass is 16.5. The SMILES string of the molecule is COc1cccc(CCNC(=O)C2CCCN(c3ccc(-c4cccnc4)nn3)C2)c1. The van der Waals surface area contributed by atoms with Crippen LogP contribution in [0.5, 0.6) is 5.75 Å². The minimum atomic E-state index is -0.0427. The lowest BCUT2D eigenvalue weighted by Gasteiger charge is -2.32. The number of pyridine rings is 1. The molecule has 1 saturated heterocycles. The number of piperidine rings is 1. The summed E-state index contributed by atoms with van der Waals surface area (Å²) in [5.74, 6) is 1.70. The Morgan fingerprint density at radius 3 is 2.90 bits per heavy atom. The van der Waals surface area contributed by atoms with Gasteiger partial charge in [0.25, 0.3) is 0 Å². The first-order chi connectivity index (χ1) is 15.2. The van der Waals surface area contributed by atoms with Crippen molar-refractivity contribution in [1.82, 2.24) is 20.5 Å². The van der Waals surface area contributed by atoms with Gasteiger partial charge in [0, 0.05) is 37.6 Å². The van der Waals surface area contributed by atoms with Crippen LogP contribution < -0.4 is 15.0 Å². The Hall–Kier alpha value is -3.48. The Labute approximate surface area is 182 Å². The van der Waals surface area contributed by atoms with E-state index in [9.17, 15) is 4.79 Å². The van der Waals surface area contributed by atoms with E-state index < -0.39 is 0 Å². The lowest BCUT2D eigenvalue weighted by molar-refractivity contribution is -0.125. The quantitative estimate of drug-likeness (QED) is 0.636. The molecule has 3 heterocycles. The number of benzene rings is 1. The van der Waals surface area contributed by atoms with Crippen LogP contribution in [0.15, 0.2) is 60.9 Å². The molecule has 1 aromatic carbocycles. The smallest absolute Gasteiger partial charge is 0.224 e. The number of methoxy groups -OCH3 is 1. The number of rotatable bonds is 7. The zero-order chi connectivity index (χ0) is 21.5. The molecule has 0 spiro atoms. The summed E-state index contributed by atoms with van der Waals surface area (Å²) in [6.07, 6.45) is 6.14. The molecule has 0 bridgehead atoms. The number of aromatic nitrogens is 3. The molecule has 2 aromatic heterocycles. The molecule has 160 valence electrons. The van der Waals surface area contributed by atoms with Crippen molar-refractivity contribution >= 4 is 11.7 Å². The van der Waals surface area contributed by atoms with Crippen molar-refractivity contribution in [2.24, 2.45) is 5.92 Å². The van der Waals surface area contributed by atoms with Gasteiger partial charge in [0.05, 0.1) is 18.7 Å². The number of hydrogen-bond donors (Lipinski definition) is 1. The molecule has 1 amide bonds. The van der Waals surface area contributed by atoms with Gasteiger partial charge in [0.2, 0.25) is 5.91 Å². The van der Waals surface area contributed by atoms with E-state index in [1.165, 1.54) is 0 Å². The number of nitrogens with zero attached hydrogens (tertiary/aromatic N) is 4. The molecule has 1 N–H and O–H groups in total. The van der Waals surface area contributed by atoms with E-state index in [2.05, 4.69) is 25.4 Å². The highest BCUT2D eigenvalue weighted by Crippen LogP contribution is 2.23. The minimum Gasteiger partial charge on any atom is -0.497 e. The van der Waals surface area contributed by atoms with Crippen LogP contribution in [0, 0.1) is 5.92 Å². The van der Waals surface area contributed by atoms with E-state index in [0.29, 0.717) is 13.1 Å². The molecule has 0 aliphatic carbocycles. The van der Waals surface area contributed by atoms with E-state index >= 15 is 0 Å². The predicted octanol–water partition coefficient (Wildman–Crippen LogP) is 3.12. The first-order valence-corrected chi connectivity index (χ1v) is 10.6. The molecular formula is C24H27N5O2. The van der Waals surface area contributed by atoms with Gasteiger partial charge in [0.1, 0.15) is 5.75 Å². The molecule has 3 aromatic rings. The Bertz CT molecular complexity index is 994. The summed E-state index contributed by atoms with van der Waals surface area (Å²) in [6, 6.07) is 15.7. The molecular weight excluding hydrogens is 390 g/mol. The van der Waals surface area contributed by atoms with Gasteiger partial charge in [-0.05, 0) is 61.2 Å². The van der Waals surface area contributed by atoms with Gasteiger partial charge in [0.15, 0.2) is 5.82 Å². The van der Waals surface area contributed by atoms with E-state index in [1.807, 2.05) is 48.5 Å². The van der Waals surface area contributed by atoms with Gasteiger partial charge in [-0.1, -0.05) is 12.1 Å². The summed E-state index contributed by atoms with van der Waals surface area (Å²) in [5.41, 5.74) is 2.88. The Kier molecular flexibility index (Phi) is 6.72. The first-order valence-electron chi connectivity index (χ1n) is 10.6. The minimum absolute atomic E-state index is 0.0427. The van der Waals surface area contributed by atoms with Crippen molar-refractivity contribution in [3.8, 4) is 17.0 Å². The van der Waals surface area contributed by atoms with Crippen LogP contribution in [-0.4, -0.2) is 47.8 Å². The molecule has 7 heteroatoms. The van der Waals surface area contributed by atoms with E-state index in [0.717, 1.165) is 54.2 Å². The second-order valence-electron chi connectivity index (χ2n) is 7.70. The topological polar surface area (TPSA) is 80.2 Å². The molecule has 0 saturated carbocycles. The van der Waals surface area contributed by atoms with Crippen LogP contribution >= 0.6 is 0 Å². The third kappa shape index (κ3) is 5.36. The molecule has 4 rings (SSSR count). The van der Waals surface area contributed by atoms with Crippen LogP contribution in [0.1, 0.15) is 18.4 Å². The number of carbonyl (C=O) groups excluding carboxylic acids is 1. The molecule has 1 unspecified atom stereocenters. The fraction of sp³-hybridized carbons (Fsp3) is 0.333. The van der Waals surface area contributed by atoms with Gasteiger partial charge >= 0.3 is 0 Å². The van der Waals surface area contributed by atoms with Crippen LogP contribution in [0.3, 0.4) is 0 Å². The molecule has 31 heavy (non-hydrogen) atoms. The number of nitrogens with one attached hydrogen (secondary N) is 1. The highest BCUT2D eigenvalue weighted by Gasteiger charge is 2.26. The second kappa shape index (κ2) is 10.0. The summed E-state index contributed by atoms with van der Waals surface area (Å²) in [6.45, 7) is 2.16. The van der Waals surface area contributed by atoms with Gasteiger partial charge in [-0.15, -0.1) is 10.2 Å². The highest BCUT2D eigenvalue weighted by molar-refractivity contribution is 5.79. The number of hydrogen-bond acceptors (Lipinski definition) is 6. The number of amides is 1. The maximum atomic E-state index is 12.7. The zero-order valence-electron chi connectivity index (χ0n) is 17.7. The lowest BCUT2D eigenvalue weighted by atomic mass is 9.97. The summed E-state index contributed by atoms with van der Waals surface area (Å²) < 4.78 is 5.26. The largest absolute Gasteiger partial charge is 0.497 e. The lowest BCUT2D eigenvalue weighted by Crippen LogP contribution is -2.43. The maximum Gasteiger partial charge on any atom is 0.224 e. The fourth-order valence-electron chi connectivity index (χ4n) is 3.86. The van der Waals surface area contributed by atoms with Crippen molar-refractivity contribution in [2.45, 2.75) is 19.3 Å². The average Bonchev–Trinajstić information content (AvgIpc) is 2.85. The van der Waals surface area contributed by atoms with E-state index in [-0.39, 0.29) is 11.8 Å². The average molecular weight is 418 g/mol. The summed E-state index contributed by atoms with van der Waals surface area (Å²) in [4.78, 5) is 19.0. The van der Waals surface area contributed by atoms with Crippen LogP contribution in [0.25, 0.3) is 11.3 Å². The maximum absolute atomic E-state index is 12.7. The van der Waals surface area contributed by atoms with Gasteiger partial charge in [-0.2, -0.15) is 0 Å². The zero-order valence-corrected chi connectivity index (χ0v) is 17.7. The molecule has 0 radical (unpaired) electrons. The molecule has 1 aliphatic heterocycles. The second-order valence-corrected chi connectivity index (χ2v) is 7.70. The van der Waals surface area contributed by atoms with Gasteiger partial charge in [-0.25, -0.2) is 0 Å². The number of anilines is 1. The van der Waals surface area contributed by atoms with Crippen LogP contribution in [0.4, 0.5) is 5.82 Å². The Morgan fingerprint density at radius 2 is 2.13 bits per heavy atom. The number of ether oxygens (including phenoxy) is 1. The van der Waals surface area contributed by atoms with Crippen molar-refractivity contribution in [3.63, 3.8) is 0 Å². The number of carbonyl (C=O) groups is 1. The monoisotopic (exact) mass is 417 g/mol. The third-order valence-corrected chi connectivity index (χ3v) is 5.57. The van der Waals surface area contributed by atoms with Crippen molar-refractivity contribution < 1.29 is 9.53 Å². The Balaban J connectivity index is 1.31. The summed E-state index contributed by atoms with van der Waals surface area (Å²) in [7, 11) is 1.66. The third-order valence-electron chi connectivity index (χ3n) is 5.57. The van der Waals surface area contributed by atoms with Crippen LogP contribution in [-0.2, 0) is 11.2 Å². The molecule has 1 fully saturated rings. The summed E-state index contributed by atoms with van der Waals surface area (Å²) >= 11 is 0. The standard InChI is InChI=1S/C24H27N5O2/c1-31-21-8-2-5-18(15-21)11-13-26-24(30)20-7-4-14-29(17-20)23-10-9-22(27-28-23)19-6-3-12-25-16-19/h2-3,5-6,8-10,12,15-16,20H,4,7,11,13-14,17H2,1H3,(H,26,30). The van der Waals surface area contributed by atoms with E-state index in [1.54, 1.807) is 19.5 Å². The van der Waals surface area contributed by atoms with Crippen molar-refractivity contribution in [2.75, 3.05) is 31.6 Å². The first kappa shape index (κ1) is 20.8. The van der Waals surface area contributed by atoms with Crippen LogP contribution in [0.2, 0.25) is 0 Å². The van der Waals surface area contributed by atoms with Crippen molar-refractivity contribution in [3.05, 3.63) is 66.5 Å². The van der Waals surface area contributed by atoms with Gasteiger partial charge < -0.3 is 15.0 Å². The summed E-state index contributed by atoms with van der Waals surface area (Å²) in [5, 5.41) is 11.8. The molecule has 7 nitrogen and oxygen atoms in total. The van der Waals surface area contributed by atoms with Crippen molar-refractivity contribution in [1.29, 1.82) is 0 Å². The molecule has 1 aliphatic rings. The fourth-order valence-corrected chi connectivity index (χ4v) is 3.86. The normalized spacial score (nSPS) is 16.0.